The van der Waals surface area contributed by atoms with Gasteiger partial charge in [-0.2, -0.15) is 0 Å². The van der Waals surface area contributed by atoms with Crippen molar-refractivity contribution in [2.75, 3.05) is 0 Å². The van der Waals surface area contributed by atoms with Gasteiger partial charge in [-0.25, -0.2) is 0 Å². The number of aliphatic hydroxyl groups excluding tert-OH is 1. The number of aliphatic hydroxyl groups is 1. The van der Waals surface area contributed by atoms with Crippen molar-refractivity contribution in [3.8, 4) is 0 Å². The Bertz CT molecular complexity index is 667. The molecule has 0 aromatic heterocycles. The molecule has 1 aliphatic heterocycles. The van der Waals surface area contributed by atoms with Crippen molar-refractivity contribution in [2.24, 2.45) is 35.0 Å². The van der Waals surface area contributed by atoms with Gasteiger partial charge in [0.1, 0.15) is 6.10 Å². The molecule has 4 nitrogen and oxygen atoms in total. The van der Waals surface area contributed by atoms with Crippen LogP contribution in [0.15, 0.2) is 11.6 Å². The summed E-state index contributed by atoms with van der Waals surface area (Å²) in [5.41, 5.74) is 1.42. The minimum Gasteiger partial charge on any atom is -0.462 e. The van der Waals surface area contributed by atoms with Crippen molar-refractivity contribution in [3.63, 3.8) is 0 Å². The van der Waals surface area contributed by atoms with Crippen LogP contribution in [0.4, 0.5) is 0 Å². The van der Waals surface area contributed by atoms with Crippen LogP contribution in [0.2, 0.25) is 0 Å². The molecule has 0 bridgehead atoms. The second kappa shape index (κ2) is 5.92. The van der Waals surface area contributed by atoms with Crippen LogP contribution in [-0.2, 0) is 14.3 Å². The topological polar surface area (TPSA) is 63.6 Å². The summed E-state index contributed by atoms with van der Waals surface area (Å²) in [6, 6.07) is 0. The van der Waals surface area contributed by atoms with Gasteiger partial charge in [-0.1, -0.05) is 12.5 Å². The first-order valence-corrected chi connectivity index (χ1v) is 10.6. The Morgan fingerprint density at radius 1 is 1.15 bits per heavy atom. The van der Waals surface area contributed by atoms with Crippen molar-refractivity contribution in [3.05, 3.63) is 11.6 Å². The second-order valence-corrected chi connectivity index (χ2v) is 9.84. The molecule has 4 aliphatic carbocycles. The molecule has 1 saturated heterocycles. The summed E-state index contributed by atoms with van der Waals surface area (Å²) in [5.74, 6) is 2.37. The predicted octanol–water partition coefficient (Wildman–Crippen LogP) is 3.42. The monoisotopic (exact) mass is 358 g/mol. The minimum absolute atomic E-state index is 0.0310. The molecule has 142 valence electrons. The van der Waals surface area contributed by atoms with E-state index in [0.717, 1.165) is 32.1 Å². The number of carbonyl (C=O) groups is 2. The van der Waals surface area contributed by atoms with Crippen LogP contribution in [-0.4, -0.2) is 29.1 Å². The molecule has 8 unspecified atom stereocenters. The number of ether oxygens (including phenoxy) is 1. The smallest absolute Gasteiger partial charge is 0.306 e. The molecule has 3 saturated carbocycles. The lowest BCUT2D eigenvalue weighted by atomic mass is 9.49. The van der Waals surface area contributed by atoms with Gasteiger partial charge in [0, 0.05) is 18.8 Å². The van der Waals surface area contributed by atoms with Crippen LogP contribution >= 0.6 is 0 Å². The van der Waals surface area contributed by atoms with E-state index in [9.17, 15) is 14.7 Å². The molecule has 4 heteroatoms. The highest BCUT2D eigenvalue weighted by Crippen LogP contribution is 2.64. The molecule has 5 rings (SSSR count). The highest BCUT2D eigenvalue weighted by Gasteiger charge is 2.61. The summed E-state index contributed by atoms with van der Waals surface area (Å²) in [4.78, 5) is 23.9. The molecule has 1 N–H and O–H groups in total. The molecule has 0 radical (unpaired) electrons. The number of rotatable bonds is 0. The predicted molar refractivity (Wildman–Crippen MR) is 96.1 cm³/mol. The van der Waals surface area contributed by atoms with Crippen LogP contribution in [0.3, 0.4) is 0 Å². The molecule has 0 aromatic carbocycles. The van der Waals surface area contributed by atoms with Gasteiger partial charge in [0.2, 0.25) is 0 Å². The van der Waals surface area contributed by atoms with E-state index < -0.39 is 0 Å². The Balaban J connectivity index is 1.49. The summed E-state index contributed by atoms with van der Waals surface area (Å²) >= 11 is 0. The maximum atomic E-state index is 12.0. The molecule has 5 aliphatic rings. The van der Waals surface area contributed by atoms with E-state index in [0.29, 0.717) is 48.9 Å². The molecule has 4 fully saturated rings. The fourth-order valence-corrected chi connectivity index (χ4v) is 7.19. The summed E-state index contributed by atoms with van der Waals surface area (Å²) < 4.78 is 5.70. The standard InChI is InChI=1S/C22H30O4/c1-22-7-2-3-19(25)26-18-11-16(18)21(22)20-15(6-8-22)14-5-4-13(23)9-12(14)10-17(20)24/h9,14-18,20-21,24H,2-8,10-11H2,1H3. The Kier molecular flexibility index (Phi) is 3.86. The first-order valence-electron chi connectivity index (χ1n) is 10.6. The van der Waals surface area contributed by atoms with Gasteiger partial charge in [0.15, 0.2) is 5.78 Å². The van der Waals surface area contributed by atoms with Crippen LogP contribution in [0.5, 0.6) is 0 Å². The summed E-state index contributed by atoms with van der Waals surface area (Å²) in [7, 11) is 0. The van der Waals surface area contributed by atoms with Crippen molar-refractivity contribution >= 4 is 11.8 Å². The molecule has 1 heterocycles. The van der Waals surface area contributed by atoms with Gasteiger partial charge in [0.25, 0.3) is 0 Å². The molecule has 8 atom stereocenters. The maximum Gasteiger partial charge on any atom is 0.306 e. The van der Waals surface area contributed by atoms with Gasteiger partial charge in [0.05, 0.1) is 6.10 Å². The molecular formula is C22H30O4. The third-order valence-corrected chi connectivity index (χ3v) is 8.34. The van der Waals surface area contributed by atoms with Gasteiger partial charge in [-0.15, -0.1) is 0 Å². The normalized spacial score (nSPS) is 50.5. The second-order valence-electron chi connectivity index (χ2n) is 9.84. The summed E-state index contributed by atoms with van der Waals surface area (Å²) in [5, 5.41) is 11.1. The summed E-state index contributed by atoms with van der Waals surface area (Å²) in [6.07, 6.45) is 9.69. The highest BCUT2D eigenvalue weighted by molar-refractivity contribution is 5.91. The van der Waals surface area contributed by atoms with Crippen LogP contribution < -0.4 is 0 Å². The minimum atomic E-state index is -0.351. The number of esters is 1. The zero-order chi connectivity index (χ0) is 18.1. The lowest BCUT2D eigenvalue weighted by Gasteiger charge is -2.56. The fraction of sp³-hybridized carbons (Fsp3) is 0.818. The Morgan fingerprint density at radius 3 is 2.85 bits per heavy atom. The molecule has 0 amide bonds. The summed E-state index contributed by atoms with van der Waals surface area (Å²) in [6.45, 7) is 2.40. The van der Waals surface area contributed by atoms with E-state index in [1.165, 1.54) is 12.0 Å². The SMILES string of the molecule is CC12CCCC(=O)OC3CC3C1C1C(O)CC3=CC(=O)CCC3C1CC2. The maximum absolute atomic E-state index is 12.0. The number of hydrogen-bond acceptors (Lipinski definition) is 4. The zero-order valence-electron chi connectivity index (χ0n) is 15.7. The van der Waals surface area contributed by atoms with Crippen LogP contribution in [0.25, 0.3) is 0 Å². The van der Waals surface area contributed by atoms with Crippen molar-refractivity contribution in [1.82, 2.24) is 0 Å². The number of ketones is 1. The average molecular weight is 358 g/mol. The van der Waals surface area contributed by atoms with Crippen molar-refractivity contribution < 1.29 is 19.4 Å². The number of allylic oxidation sites excluding steroid dienone is 1. The Labute approximate surface area is 155 Å². The number of hydrogen-bond donors (Lipinski definition) is 1. The first-order chi connectivity index (χ1) is 12.5. The van der Waals surface area contributed by atoms with Gasteiger partial charge in [-0.05, 0) is 80.1 Å². The molecule has 0 spiro atoms. The van der Waals surface area contributed by atoms with Crippen LogP contribution in [0, 0.1) is 35.0 Å². The van der Waals surface area contributed by atoms with E-state index in [-0.39, 0.29) is 29.4 Å². The van der Waals surface area contributed by atoms with Crippen molar-refractivity contribution in [2.45, 2.75) is 76.9 Å². The average Bonchev–Trinajstić information content (AvgIpc) is 3.32. The lowest BCUT2D eigenvalue weighted by molar-refractivity contribution is -0.146. The van der Waals surface area contributed by atoms with E-state index in [1.54, 1.807) is 0 Å². The van der Waals surface area contributed by atoms with Gasteiger partial charge < -0.3 is 9.84 Å². The van der Waals surface area contributed by atoms with E-state index >= 15 is 0 Å². The van der Waals surface area contributed by atoms with E-state index in [2.05, 4.69) is 6.92 Å². The highest BCUT2D eigenvalue weighted by atomic mass is 16.5. The first kappa shape index (κ1) is 17.0. The van der Waals surface area contributed by atoms with Gasteiger partial charge >= 0.3 is 5.97 Å². The third kappa shape index (κ3) is 2.59. The molecule has 26 heavy (non-hydrogen) atoms. The zero-order valence-corrected chi connectivity index (χ0v) is 15.7. The quantitative estimate of drug-likeness (QED) is 0.674. The largest absolute Gasteiger partial charge is 0.462 e. The molecular weight excluding hydrogens is 328 g/mol. The Hall–Kier alpha value is -1.16. The van der Waals surface area contributed by atoms with Crippen molar-refractivity contribution in [1.29, 1.82) is 0 Å². The van der Waals surface area contributed by atoms with E-state index in [1.807, 2.05) is 6.08 Å². The van der Waals surface area contributed by atoms with Crippen LogP contribution in [0.1, 0.15) is 64.7 Å². The Morgan fingerprint density at radius 2 is 2.00 bits per heavy atom. The lowest BCUT2D eigenvalue weighted by Crippen LogP contribution is -2.53. The fourth-order valence-electron chi connectivity index (χ4n) is 7.19. The van der Waals surface area contributed by atoms with E-state index in [4.69, 9.17) is 4.74 Å². The molecule has 0 aromatic rings. The number of carbonyl (C=O) groups excluding carboxylic acids is 2. The third-order valence-electron chi connectivity index (χ3n) is 8.34. The van der Waals surface area contributed by atoms with Gasteiger partial charge in [-0.3, -0.25) is 9.59 Å². The number of fused-ring (bicyclic) bond motifs is 7.